The minimum atomic E-state index is -4.48. The van der Waals surface area contributed by atoms with Crippen LogP contribution in [0.2, 0.25) is 0 Å². The zero-order valence-electron chi connectivity index (χ0n) is 9.58. The third-order valence-electron chi connectivity index (χ3n) is 3.01. The van der Waals surface area contributed by atoms with E-state index in [0.29, 0.717) is 17.6 Å². The lowest BCUT2D eigenvalue weighted by Crippen LogP contribution is -2.34. The molecule has 0 radical (unpaired) electrons. The van der Waals surface area contributed by atoms with Gasteiger partial charge in [0.05, 0.1) is 0 Å². The Morgan fingerprint density at radius 3 is 2.50 bits per heavy atom. The topological polar surface area (TPSA) is 29.0 Å². The Morgan fingerprint density at radius 2 is 2.00 bits per heavy atom. The minimum absolute atomic E-state index is 0.248. The van der Waals surface area contributed by atoms with Gasteiger partial charge in [-0.25, -0.2) is 0 Å². The summed E-state index contributed by atoms with van der Waals surface area (Å²) in [6.07, 6.45) is -0.296. The van der Waals surface area contributed by atoms with Gasteiger partial charge in [0.1, 0.15) is 0 Å². The molecule has 1 aromatic rings. The summed E-state index contributed by atoms with van der Waals surface area (Å²) < 4.78 is 40.8. The van der Waals surface area contributed by atoms with Crippen molar-refractivity contribution in [2.24, 2.45) is 0 Å². The third kappa shape index (κ3) is 3.06. The van der Waals surface area contributed by atoms with E-state index in [2.05, 4.69) is 9.36 Å². The summed E-state index contributed by atoms with van der Waals surface area (Å²) in [5.74, 6) is -0.683. The number of rotatable bonds is 4. The number of halogens is 4. The zero-order chi connectivity index (χ0) is 13.2. The summed E-state index contributed by atoms with van der Waals surface area (Å²) in [6, 6.07) is 0.248. The molecule has 0 spiro atoms. The van der Waals surface area contributed by atoms with E-state index in [4.69, 9.17) is 11.6 Å². The van der Waals surface area contributed by atoms with Gasteiger partial charge in [-0.05, 0) is 12.8 Å². The molecule has 0 amide bonds. The van der Waals surface area contributed by atoms with Crippen molar-refractivity contribution in [1.82, 2.24) is 9.36 Å². The number of hydrogen-bond donors (Lipinski definition) is 0. The molecular weight excluding hydrogens is 287 g/mol. The van der Waals surface area contributed by atoms with E-state index in [1.807, 2.05) is 4.90 Å². The fourth-order valence-corrected chi connectivity index (χ4v) is 3.16. The highest BCUT2D eigenvalue weighted by Gasteiger charge is 2.37. The Hall–Kier alpha value is -0.560. The molecule has 0 bridgehead atoms. The Morgan fingerprint density at radius 1 is 1.33 bits per heavy atom. The van der Waals surface area contributed by atoms with Crippen molar-refractivity contribution in [3.8, 4) is 0 Å². The highest BCUT2D eigenvalue weighted by atomic mass is 35.5. The number of anilines is 1. The van der Waals surface area contributed by atoms with E-state index >= 15 is 0 Å². The van der Waals surface area contributed by atoms with E-state index in [1.165, 1.54) is 0 Å². The monoisotopic (exact) mass is 299 g/mol. The van der Waals surface area contributed by atoms with Crippen molar-refractivity contribution >= 4 is 28.3 Å². The van der Waals surface area contributed by atoms with Crippen LogP contribution in [0.25, 0.3) is 0 Å². The molecule has 1 fully saturated rings. The molecule has 2 rings (SSSR count). The van der Waals surface area contributed by atoms with Crippen molar-refractivity contribution in [2.45, 2.75) is 37.9 Å². The van der Waals surface area contributed by atoms with E-state index in [9.17, 15) is 13.2 Å². The van der Waals surface area contributed by atoms with Gasteiger partial charge >= 0.3 is 6.18 Å². The summed E-state index contributed by atoms with van der Waals surface area (Å²) in [5.41, 5.74) is 0. The molecule has 102 valence electrons. The first-order valence-electron chi connectivity index (χ1n) is 5.76. The van der Waals surface area contributed by atoms with Crippen LogP contribution in [-0.4, -0.2) is 27.8 Å². The predicted molar refractivity (Wildman–Crippen MR) is 65.2 cm³/mol. The Labute approximate surface area is 112 Å². The maximum atomic E-state index is 12.5. The van der Waals surface area contributed by atoms with Crippen molar-refractivity contribution in [1.29, 1.82) is 0 Å². The summed E-state index contributed by atoms with van der Waals surface area (Å²) >= 11 is 6.51. The molecule has 8 heteroatoms. The molecular formula is C10H13ClF3N3S. The number of nitrogens with zero attached hydrogens (tertiary/aromatic N) is 3. The summed E-state index contributed by atoms with van der Waals surface area (Å²) in [5, 5.41) is 0.329. The normalized spacial score (nSPS) is 17.3. The standard InChI is InChI=1S/C10H13ClF3N3S/c11-5-6-17(7-3-1-2-4-7)9-15-8(16-18-9)10(12,13)14/h7H,1-6H2. The lowest BCUT2D eigenvalue weighted by Gasteiger charge is -2.27. The van der Waals surface area contributed by atoms with E-state index in [-0.39, 0.29) is 6.04 Å². The second-order valence-electron chi connectivity index (χ2n) is 4.22. The van der Waals surface area contributed by atoms with Crippen molar-refractivity contribution in [3.05, 3.63) is 5.82 Å². The van der Waals surface area contributed by atoms with E-state index < -0.39 is 12.0 Å². The lowest BCUT2D eigenvalue weighted by atomic mass is 10.2. The molecule has 0 aromatic carbocycles. The van der Waals surface area contributed by atoms with Crippen LogP contribution in [0.15, 0.2) is 0 Å². The molecule has 1 aliphatic rings. The molecule has 1 aromatic heterocycles. The van der Waals surface area contributed by atoms with Crippen LogP contribution < -0.4 is 4.90 Å². The second kappa shape index (κ2) is 5.61. The fourth-order valence-electron chi connectivity index (χ4n) is 2.19. The number of alkyl halides is 4. The molecule has 0 saturated heterocycles. The minimum Gasteiger partial charge on any atom is -0.343 e. The number of hydrogen-bond acceptors (Lipinski definition) is 4. The van der Waals surface area contributed by atoms with Crippen LogP contribution in [0, 0.1) is 0 Å². The van der Waals surface area contributed by atoms with Gasteiger partial charge in [0.25, 0.3) is 0 Å². The zero-order valence-corrected chi connectivity index (χ0v) is 11.2. The molecule has 0 atom stereocenters. The van der Waals surface area contributed by atoms with Crippen LogP contribution in [0.1, 0.15) is 31.5 Å². The first-order chi connectivity index (χ1) is 8.52. The molecule has 1 heterocycles. The van der Waals surface area contributed by atoms with Crippen LogP contribution >= 0.6 is 23.1 Å². The third-order valence-corrected chi connectivity index (χ3v) is 3.93. The van der Waals surface area contributed by atoms with Gasteiger partial charge in [0.15, 0.2) is 0 Å². The van der Waals surface area contributed by atoms with Gasteiger partial charge < -0.3 is 4.90 Å². The average Bonchev–Trinajstić information content (AvgIpc) is 2.96. The second-order valence-corrected chi connectivity index (χ2v) is 5.33. The number of aromatic nitrogens is 2. The molecule has 0 N–H and O–H groups in total. The molecule has 3 nitrogen and oxygen atoms in total. The molecule has 0 aliphatic heterocycles. The Bertz CT molecular complexity index is 390. The van der Waals surface area contributed by atoms with Crippen LogP contribution in [0.4, 0.5) is 18.3 Å². The van der Waals surface area contributed by atoms with E-state index in [1.54, 1.807) is 0 Å². The quantitative estimate of drug-likeness (QED) is 0.796. The first-order valence-corrected chi connectivity index (χ1v) is 7.06. The predicted octanol–water partition coefficient (Wildman–Crippen LogP) is 3.54. The summed E-state index contributed by atoms with van der Waals surface area (Å²) in [6.45, 7) is 0.513. The van der Waals surface area contributed by atoms with Gasteiger partial charge in [-0.15, -0.1) is 11.6 Å². The summed E-state index contributed by atoms with van der Waals surface area (Å²) in [4.78, 5) is 5.46. The maximum Gasteiger partial charge on any atom is 0.452 e. The van der Waals surface area contributed by atoms with Crippen LogP contribution in [0.5, 0.6) is 0 Å². The van der Waals surface area contributed by atoms with Crippen LogP contribution in [-0.2, 0) is 6.18 Å². The van der Waals surface area contributed by atoms with Gasteiger partial charge in [-0.1, -0.05) is 12.8 Å². The first kappa shape index (κ1) is 13.9. The fraction of sp³-hybridized carbons (Fsp3) is 0.800. The molecule has 0 unspecified atom stereocenters. The molecule has 1 aliphatic carbocycles. The summed E-state index contributed by atoms with van der Waals surface area (Å²) in [7, 11) is 0. The lowest BCUT2D eigenvalue weighted by molar-refractivity contribution is -0.144. The van der Waals surface area contributed by atoms with Gasteiger partial charge in [-0.2, -0.15) is 22.5 Å². The highest BCUT2D eigenvalue weighted by molar-refractivity contribution is 7.09. The van der Waals surface area contributed by atoms with Gasteiger partial charge in [0.2, 0.25) is 11.0 Å². The van der Waals surface area contributed by atoms with Gasteiger partial charge in [0, 0.05) is 30.0 Å². The largest absolute Gasteiger partial charge is 0.452 e. The Kier molecular flexibility index (Phi) is 4.32. The Balaban J connectivity index is 2.17. The van der Waals surface area contributed by atoms with Crippen molar-refractivity contribution in [2.75, 3.05) is 17.3 Å². The average molecular weight is 300 g/mol. The van der Waals surface area contributed by atoms with Crippen LogP contribution in [0.3, 0.4) is 0 Å². The van der Waals surface area contributed by atoms with Crippen molar-refractivity contribution < 1.29 is 13.2 Å². The smallest absolute Gasteiger partial charge is 0.343 e. The molecule has 18 heavy (non-hydrogen) atoms. The molecule has 1 saturated carbocycles. The van der Waals surface area contributed by atoms with E-state index in [0.717, 1.165) is 37.2 Å². The highest BCUT2D eigenvalue weighted by Crippen LogP contribution is 2.33. The van der Waals surface area contributed by atoms with Crippen molar-refractivity contribution in [3.63, 3.8) is 0 Å². The SMILES string of the molecule is FC(F)(F)c1nsc(N(CCCl)C2CCCC2)n1. The van der Waals surface area contributed by atoms with Gasteiger partial charge in [-0.3, -0.25) is 0 Å². The maximum absolute atomic E-state index is 12.5.